The third kappa shape index (κ3) is 7.92. The Morgan fingerprint density at radius 1 is 0.972 bits per heavy atom. The average Bonchev–Trinajstić information content (AvgIpc) is 2.88. The molecule has 0 heterocycles. The van der Waals surface area contributed by atoms with Crippen LogP contribution in [-0.4, -0.2) is 42.2 Å². The predicted molar refractivity (Wildman–Crippen MR) is 149 cm³/mol. The molecule has 0 spiro atoms. The van der Waals surface area contributed by atoms with E-state index in [0.717, 1.165) is 16.7 Å². The second-order valence-electron chi connectivity index (χ2n) is 8.17. The maximum atomic E-state index is 13.6. The topological polar surface area (TPSA) is 58.6 Å². The zero-order valence-electron chi connectivity index (χ0n) is 20.4. The smallest absolute Gasteiger partial charge is 0.243 e. The van der Waals surface area contributed by atoms with Gasteiger partial charge in [0.05, 0.1) is 12.9 Å². The fourth-order valence-electron chi connectivity index (χ4n) is 3.81. The highest BCUT2D eigenvalue weighted by Crippen LogP contribution is 2.28. The molecule has 0 fully saturated rings. The second-order valence-corrected chi connectivity index (χ2v) is 9.97. The first-order valence-corrected chi connectivity index (χ1v) is 13.6. The number of benzene rings is 3. The fourth-order valence-corrected chi connectivity index (χ4v) is 5.45. The van der Waals surface area contributed by atoms with Crippen LogP contribution in [0.1, 0.15) is 23.6 Å². The summed E-state index contributed by atoms with van der Waals surface area (Å²) in [7, 11) is 1.60. The number of likely N-dealkylation sites (N-methyl/N-ethyl adjacent to an activating group) is 1. The van der Waals surface area contributed by atoms with Crippen LogP contribution >= 0.6 is 35.0 Å². The van der Waals surface area contributed by atoms with Crippen LogP contribution in [0.15, 0.2) is 72.8 Å². The van der Waals surface area contributed by atoms with E-state index in [1.165, 1.54) is 11.8 Å². The molecule has 1 atom stereocenters. The van der Waals surface area contributed by atoms with Crippen LogP contribution < -0.4 is 10.1 Å². The molecule has 1 N–H and O–H groups in total. The Kier molecular flexibility index (Phi) is 11.0. The van der Waals surface area contributed by atoms with Gasteiger partial charge >= 0.3 is 0 Å². The minimum atomic E-state index is -0.671. The molecule has 3 aromatic carbocycles. The lowest BCUT2D eigenvalue weighted by atomic mass is 10.0. The number of ether oxygens (including phenoxy) is 1. The van der Waals surface area contributed by atoms with Crippen LogP contribution in [0.25, 0.3) is 0 Å². The van der Waals surface area contributed by atoms with Crippen molar-refractivity contribution in [1.82, 2.24) is 10.2 Å². The van der Waals surface area contributed by atoms with Crippen molar-refractivity contribution in [2.45, 2.75) is 31.7 Å². The molecule has 0 aromatic heterocycles. The van der Waals surface area contributed by atoms with Gasteiger partial charge in [-0.05, 0) is 47.9 Å². The van der Waals surface area contributed by atoms with E-state index in [1.807, 2.05) is 61.5 Å². The van der Waals surface area contributed by atoms with E-state index in [2.05, 4.69) is 5.32 Å². The van der Waals surface area contributed by atoms with Crippen molar-refractivity contribution < 1.29 is 14.3 Å². The fraction of sp³-hybridized carbons (Fsp3) is 0.286. The number of rotatable bonds is 12. The molecule has 3 rings (SSSR count). The van der Waals surface area contributed by atoms with E-state index in [1.54, 1.807) is 30.2 Å². The molecule has 0 bridgehead atoms. The molecule has 2 amide bonds. The molecule has 8 heteroatoms. The quantitative estimate of drug-likeness (QED) is 0.303. The molecule has 36 heavy (non-hydrogen) atoms. The predicted octanol–water partition coefficient (Wildman–Crippen LogP) is 6.01. The van der Waals surface area contributed by atoms with E-state index in [0.29, 0.717) is 34.5 Å². The summed E-state index contributed by atoms with van der Waals surface area (Å²) in [4.78, 5) is 28.5. The van der Waals surface area contributed by atoms with Gasteiger partial charge in [0.2, 0.25) is 11.8 Å². The minimum Gasteiger partial charge on any atom is -0.497 e. The molecular formula is C28H30Cl2N2O3S. The highest BCUT2D eigenvalue weighted by atomic mass is 35.5. The number of methoxy groups -OCH3 is 1. The molecule has 5 nitrogen and oxygen atoms in total. The third-order valence-electron chi connectivity index (χ3n) is 5.64. The SMILES string of the molecule is CCNC(=O)C(Cc1ccccc1)N(Cc1cccc(OC)c1)C(=O)CSCc1c(Cl)cccc1Cl. The van der Waals surface area contributed by atoms with E-state index >= 15 is 0 Å². The number of hydrogen-bond donors (Lipinski definition) is 1. The van der Waals surface area contributed by atoms with Gasteiger partial charge < -0.3 is 15.0 Å². The Morgan fingerprint density at radius 2 is 1.64 bits per heavy atom. The molecule has 190 valence electrons. The molecule has 0 saturated carbocycles. The zero-order valence-corrected chi connectivity index (χ0v) is 22.7. The Morgan fingerprint density at radius 3 is 2.31 bits per heavy atom. The number of nitrogens with zero attached hydrogens (tertiary/aromatic N) is 1. The summed E-state index contributed by atoms with van der Waals surface area (Å²) in [5, 5.41) is 4.05. The Bertz CT molecular complexity index is 1140. The lowest BCUT2D eigenvalue weighted by Gasteiger charge is -2.31. The molecule has 0 radical (unpaired) electrons. The summed E-state index contributed by atoms with van der Waals surface area (Å²) >= 11 is 14.0. The molecule has 1 unspecified atom stereocenters. The van der Waals surface area contributed by atoms with Gasteiger partial charge in [0, 0.05) is 35.3 Å². The highest BCUT2D eigenvalue weighted by Gasteiger charge is 2.30. The Labute approximate surface area is 227 Å². The highest BCUT2D eigenvalue weighted by molar-refractivity contribution is 7.99. The van der Waals surface area contributed by atoms with Crippen molar-refractivity contribution in [1.29, 1.82) is 0 Å². The zero-order chi connectivity index (χ0) is 25.9. The van der Waals surface area contributed by atoms with Gasteiger partial charge in [-0.3, -0.25) is 9.59 Å². The largest absolute Gasteiger partial charge is 0.497 e. The van der Waals surface area contributed by atoms with Crippen LogP contribution in [0.2, 0.25) is 10.0 Å². The van der Waals surface area contributed by atoms with Gasteiger partial charge in [0.15, 0.2) is 0 Å². The van der Waals surface area contributed by atoms with Crippen LogP contribution in [0.5, 0.6) is 5.75 Å². The maximum absolute atomic E-state index is 13.6. The van der Waals surface area contributed by atoms with Crippen molar-refractivity contribution in [3.05, 3.63) is 99.5 Å². The summed E-state index contributed by atoms with van der Waals surface area (Å²) in [5.41, 5.74) is 2.65. The number of carbonyl (C=O) groups excluding carboxylic acids is 2. The number of carbonyl (C=O) groups is 2. The summed E-state index contributed by atoms with van der Waals surface area (Å²) in [5.74, 6) is 1.04. The first kappa shape index (κ1) is 27.9. The van der Waals surface area contributed by atoms with Crippen LogP contribution in [0.3, 0.4) is 0 Å². The standard InChI is InChI=1S/C28H30Cl2N2O3S/c1-3-31-28(34)26(16-20-9-5-4-6-10-20)32(17-21-11-7-12-22(15-21)35-2)27(33)19-36-18-23-24(29)13-8-14-25(23)30/h4-15,26H,3,16-19H2,1-2H3,(H,31,34). The summed E-state index contributed by atoms with van der Waals surface area (Å²) in [6, 6.07) is 22.0. The van der Waals surface area contributed by atoms with E-state index in [9.17, 15) is 9.59 Å². The van der Waals surface area contributed by atoms with Gasteiger partial charge in [-0.2, -0.15) is 0 Å². The molecule has 0 saturated heterocycles. The van der Waals surface area contributed by atoms with Gasteiger partial charge in [0.1, 0.15) is 11.8 Å². The number of halogens is 2. The van der Waals surface area contributed by atoms with E-state index in [-0.39, 0.29) is 24.1 Å². The first-order valence-electron chi connectivity index (χ1n) is 11.7. The average molecular weight is 546 g/mol. The van der Waals surface area contributed by atoms with Gasteiger partial charge in [-0.25, -0.2) is 0 Å². The lowest BCUT2D eigenvalue weighted by molar-refractivity contribution is -0.139. The van der Waals surface area contributed by atoms with Crippen molar-refractivity contribution in [3.8, 4) is 5.75 Å². The van der Waals surface area contributed by atoms with Gasteiger partial charge in [0.25, 0.3) is 0 Å². The maximum Gasteiger partial charge on any atom is 0.243 e. The van der Waals surface area contributed by atoms with E-state index < -0.39 is 6.04 Å². The number of amides is 2. The van der Waals surface area contributed by atoms with E-state index in [4.69, 9.17) is 27.9 Å². The molecular weight excluding hydrogens is 515 g/mol. The van der Waals surface area contributed by atoms with Crippen LogP contribution in [-0.2, 0) is 28.3 Å². The minimum absolute atomic E-state index is 0.141. The third-order valence-corrected chi connectivity index (χ3v) is 7.29. The summed E-state index contributed by atoms with van der Waals surface area (Å²) < 4.78 is 5.36. The van der Waals surface area contributed by atoms with Crippen molar-refractivity contribution in [2.75, 3.05) is 19.4 Å². The summed E-state index contributed by atoms with van der Waals surface area (Å²) in [6.45, 7) is 2.62. The van der Waals surface area contributed by atoms with Gasteiger partial charge in [-0.1, -0.05) is 71.7 Å². The van der Waals surface area contributed by atoms with Crippen LogP contribution in [0.4, 0.5) is 0 Å². The Balaban J connectivity index is 1.86. The normalized spacial score (nSPS) is 11.6. The van der Waals surface area contributed by atoms with Gasteiger partial charge in [-0.15, -0.1) is 11.8 Å². The van der Waals surface area contributed by atoms with Crippen molar-refractivity contribution in [3.63, 3.8) is 0 Å². The number of thioether (sulfide) groups is 1. The molecule has 0 aliphatic heterocycles. The first-order chi connectivity index (χ1) is 17.4. The summed E-state index contributed by atoms with van der Waals surface area (Å²) in [6.07, 6.45) is 0.406. The van der Waals surface area contributed by atoms with Crippen LogP contribution in [0, 0.1) is 0 Å². The van der Waals surface area contributed by atoms with Crippen molar-refractivity contribution >= 4 is 46.8 Å². The monoisotopic (exact) mass is 544 g/mol. The lowest BCUT2D eigenvalue weighted by Crippen LogP contribution is -2.51. The second kappa shape index (κ2) is 14.2. The number of nitrogens with one attached hydrogen (secondary N) is 1. The molecule has 0 aliphatic carbocycles. The Hall–Kier alpha value is -2.67. The van der Waals surface area contributed by atoms with Crippen molar-refractivity contribution in [2.24, 2.45) is 0 Å². The molecule has 3 aromatic rings. The number of hydrogen-bond acceptors (Lipinski definition) is 4. The molecule has 0 aliphatic rings.